The molecular weight excluding hydrogens is 232 g/mol. The number of aryl methyl sites for hydroxylation is 2. The molecule has 1 aromatic carbocycles. The molecule has 0 radical (unpaired) electrons. The fourth-order valence-electron chi connectivity index (χ4n) is 2.66. The molecule has 0 spiro atoms. The maximum Gasteiger partial charge on any atom is 0.0236 e. The molecule has 0 aliphatic carbocycles. The minimum atomic E-state index is 0.176. The number of hydrogen-bond acceptors (Lipinski definition) is 2. The highest BCUT2D eigenvalue weighted by Gasteiger charge is 2.19. The van der Waals surface area contributed by atoms with Crippen molar-refractivity contribution in [1.82, 2.24) is 4.90 Å². The summed E-state index contributed by atoms with van der Waals surface area (Å²) in [6.07, 6.45) is 0. The summed E-state index contributed by atoms with van der Waals surface area (Å²) in [7, 11) is 2.19. The molecule has 0 atom stereocenters. The van der Waals surface area contributed by atoms with Crippen molar-refractivity contribution in [3.63, 3.8) is 0 Å². The SMILES string of the molecule is Cc1cc(C)c(C)c(CN(C)CC(C)(C)CN)c1C. The molecule has 0 saturated carbocycles. The van der Waals surface area contributed by atoms with Gasteiger partial charge in [0.15, 0.2) is 0 Å². The van der Waals surface area contributed by atoms with Crippen molar-refractivity contribution >= 4 is 0 Å². The Bertz CT molecular complexity index is 421. The van der Waals surface area contributed by atoms with Crippen LogP contribution in [0.3, 0.4) is 0 Å². The van der Waals surface area contributed by atoms with Gasteiger partial charge in [0.2, 0.25) is 0 Å². The molecule has 2 heteroatoms. The molecule has 108 valence electrons. The second-order valence-corrected chi connectivity index (χ2v) is 6.78. The number of nitrogens with two attached hydrogens (primary N) is 1. The normalized spacial score (nSPS) is 12.3. The van der Waals surface area contributed by atoms with E-state index in [1.54, 1.807) is 0 Å². The van der Waals surface area contributed by atoms with Crippen LogP contribution in [0.25, 0.3) is 0 Å². The largest absolute Gasteiger partial charge is 0.330 e. The smallest absolute Gasteiger partial charge is 0.0236 e. The highest BCUT2D eigenvalue weighted by molar-refractivity contribution is 5.43. The van der Waals surface area contributed by atoms with E-state index in [4.69, 9.17) is 5.73 Å². The van der Waals surface area contributed by atoms with Crippen LogP contribution >= 0.6 is 0 Å². The summed E-state index contributed by atoms with van der Waals surface area (Å²) in [5, 5.41) is 0. The quantitative estimate of drug-likeness (QED) is 0.882. The summed E-state index contributed by atoms with van der Waals surface area (Å²) in [6.45, 7) is 16.1. The van der Waals surface area contributed by atoms with E-state index in [1.165, 1.54) is 27.8 Å². The van der Waals surface area contributed by atoms with Crippen molar-refractivity contribution in [2.45, 2.75) is 48.1 Å². The first-order chi connectivity index (χ1) is 8.68. The molecule has 0 unspecified atom stereocenters. The summed E-state index contributed by atoms with van der Waals surface area (Å²) in [6, 6.07) is 2.29. The van der Waals surface area contributed by atoms with Gasteiger partial charge in [-0.3, -0.25) is 0 Å². The zero-order chi connectivity index (χ0) is 14.8. The van der Waals surface area contributed by atoms with Crippen LogP contribution in [0.1, 0.15) is 41.7 Å². The zero-order valence-corrected chi connectivity index (χ0v) is 13.7. The third kappa shape index (κ3) is 4.05. The first-order valence-electron chi connectivity index (χ1n) is 7.13. The van der Waals surface area contributed by atoms with Gasteiger partial charge in [-0.1, -0.05) is 19.9 Å². The second kappa shape index (κ2) is 6.06. The lowest BCUT2D eigenvalue weighted by Gasteiger charge is -2.30. The molecule has 0 bridgehead atoms. The summed E-state index contributed by atoms with van der Waals surface area (Å²) in [5.41, 5.74) is 13.1. The van der Waals surface area contributed by atoms with E-state index < -0.39 is 0 Å². The molecule has 0 fully saturated rings. The second-order valence-electron chi connectivity index (χ2n) is 6.78. The molecule has 19 heavy (non-hydrogen) atoms. The number of nitrogens with zero attached hydrogens (tertiary/aromatic N) is 1. The van der Waals surface area contributed by atoms with Crippen LogP contribution in [0.2, 0.25) is 0 Å². The Hall–Kier alpha value is -0.860. The lowest BCUT2D eigenvalue weighted by atomic mass is 9.91. The van der Waals surface area contributed by atoms with Crippen molar-refractivity contribution < 1.29 is 0 Å². The molecule has 0 aromatic heterocycles. The van der Waals surface area contributed by atoms with Crippen molar-refractivity contribution in [3.8, 4) is 0 Å². The Kier molecular flexibility index (Phi) is 5.17. The summed E-state index contributed by atoms with van der Waals surface area (Å²) in [5.74, 6) is 0. The van der Waals surface area contributed by atoms with Crippen LogP contribution in [0.4, 0.5) is 0 Å². The van der Waals surface area contributed by atoms with E-state index in [0.717, 1.165) is 19.6 Å². The van der Waals surface area contributed by atoms with Gasteiger partial charge in [-0.05, 0) is 74.5 Å². The third-order valence-electron chi connectivity index (χ3n) is 4.20. The molecule has 0 aliphatic rings. The molecule has 0 saturated heterocycles. The lowest BCUT2D eigenvalue weighted by molar-refractivity contribution is 0.209. The van der Waals surface area contributed by atoms with Crippen LogP contribution in [0.5, 0.6) is 0 Å². The zero-order valence-electron chi connectivity index (χ0n) is 13.7. The molecule has 1 aromatic rings. The van der Waals surface area contributed by atoms with Crippen LogP contribution in [-0.4, -0.2) is 25.0 Å². The van der Waals surface area contributed by atoms with Crippen LogP contribution < -0.4 is 5.73 Å². The Morgan fingerprint density at radius 1 is 1.05 bits per heavy atom. The van der Waals surface area contributed by atoms with Gasteiger partial charge >= 0.3 is 0 Å². The topological polar surface area (TPSA) is 29.3 Å². The maximum atomic E-state index is 5.83. The Morgan fingerprint density at radius 2 is 1.53 bits per heavy atom. The molecular formula is C17H30N2. The predicted octanol–water partition coefficient (Wildman–Crippen LogP) is 3.34. The van der Waals surface area contributed by atoms with Gasteiger partial charge in [0, 0.05) is 13.1 Å². The Labute approximate surface area is 119 Å². The van der Waals surface area contributed by atoms with Crippen LogP contribution in [0.15, 0.2) is 6.07 Å². The third-order valence-corrected chi connectivity index (χ3v) is 4.20. The molecule has 2 nitrogen and oxygen atoms in total. The standard InChI is InChI=1S/C17H30N2/c1-12-8-13(2)15(4)16(14(12)3)9-19(7)11-17(5,6)10-18/h8H,9-11,18H2,1-7H3. The van der Waals surface area contributed by atoms with E-state index in [-0.39, 0.29) is 5.41 Å². The summed E-state index contributed by atoms with van der Waals surface area (Å²) >= 11 is 0. The average Bonchev–Trinajstić information content (AvgIpc) is 2.31. The Balaban J connectivity index is 2.94. The van der Waals surface area contributed by atoms with Crippen LogP contribution in [0, 0.1) is 33.1 Å². The van der Waals surface area contributed by atoms with Gasteiger partial charge < -0.3 is 10.6 Å². The minimum absolute atomic E-state index is 0.176. The maximum absolute atomic E-state index is 5.83. The first-order valence-corrected chi connectivity index (χ1v) is 7.13. The molecule has 1 rings (SSSR count). The van der Waals surface area contributed by atoms with Gasteiger partial charge in [0.25, 0.3) is 0 Å². The van der Waals surface area contributed by atoms with Gasteiger partial charge in [-0.2, -0.15) is 0 Å². The molecule has 0 aliphatic heterocycles. The van der Waals surface area contributed by atoms with Gasteiger partial charge in [-0.25, -0.2) is 0 Å². The first kappa shape index (κ1) is 16.2. The number of rotatable bonds is 5. The van der Waals surface area contributed by atoms with Crippen molar-refractivity contribution in [3.05, 3.63) is 33.9 Å². The van der Waals surface area contributed by atoms with E-state index in [0.29, 0.717) is 0 Å². The monoisotopic (exact) mass is 262 g/mol. The fourth-order valence-corrected chi connectivity index (χ4v) is 2.66. The van der Waals surface area contributed by atoms with E-state index >= 15 is 0 Å². The van der Waals surface area contributed by atoms with Crippen molar-refractivity contribution in [1.29, 1.82) is 0 Å². The predicted molar refractivity (Wildman–Crippen MR) is 84.6 cm³/mol. The highest BCUT2D eigenvalue weighted by atomic mass is 15.1. The fraction of sp³-hybridized carbons (Fsp3) is 0.647. The van der Waals surface area contributed by atoms with Crippen molar-refractivity contribution in [2.24, 2.45) is 11.1 Å². The number of hydrogen-bond donors (Lipinski definition) is 1. The van der Waals surface area contributed by atoms with Gasteiger partial charge in [0.05, 0.1) is 0 Å². The van der Waals surface area contributed by atoms with Crippen molar-refractivity contribution in [2.75, 3.05) is 20.1 Å². The molecule has 0 heterocycles. The van der Waals surface area contributed by atoms with Gasteiger partial charge in [0.1, 0.15) is 0 Å². The summed E-state index contributed by atoms with van der Waals surface area (Å²) in [4.78, 5) is 2.39. The van der Waals surface area contributed by atoms with E-state index in [2.05, 4.69) is 59.6 Å². The van der Waals surface area contributed by atoms with E-state index in [1.807, 2.05) is 0 Å². The highest BCUT2D eigenvalue weighted by Crippen LogP contribution is 2.24. The lowest BCUT2D eigenvalue weighted by Crippen LogP contribution is -2.36. The Morgan fingerprint density at radius 3 is 1.95 bits per heavy atom. The number of benzene rings is 1. The van der Waals surface area contributed by atoms with E-state index in [9.17, 15) is 0 Å². The van der Waals surface area contributed by atoms with Gasteiger partial charge in [-0.15, -0.1) is 0 Å². The minimum Gasteiger partial charge on any atom is -0.330 e. The molecule has 0 amide bonds. The average molecular weight is 262 g/mol. The van der Waals surface area contributed by atoms with Crippen LogP contribution in [-0.2, 0) is 6.54 Å². The summed E-state index contributed by atoms with van der Waals surface area (Å²) < 4.78 is 0. The molecule has 2 N–H and O–H groups in total.